The molecule has 1 heterocycles. The van der Waals surface area contributed by atoms with Crippen molar-refractivity contribution in [2.24, 2.45) is 5.92 Å². The number of hydrogen-bond acceptors (Lipinski definition) is 4. The molecule has 1 aliphatic rings. The van der Waals surface area contributed by atoms with E-state index in [1.807, 2.05) is 0 Å². The lowest BCUT2D eigenvalue weighted by Gasteiger charge is -2.14. The first-order valence-electron chi connectivity index (χ1n) is 5.85. The van der Waals surface area contributed by atoms with Crippen molar-refractivity contribution >= 4 is 11.9 Å². The number of carboxylic acid groups (broad SMARTS) is 1. The van der Waals surface area contributed by atoms with Gasteiger partial charge in [0.05, 0.1) is 18.1 Å². The molecule has 98 valence electrons. The maximum absolute atomic E-state index is 11.7. The molecule has 1 aliphatic heterocycles. The number of carboxylic acids is 1. The fraction of sp³-hybridized carbons (Fsp3) is 0.818. The molecule has 17 heavy (non-hydrogen) atoms. The Morgan fingerprint density at radius 1 is 1.59 bits per heavy atom. The molecule has 0 aliphatic carbocycles. The van der Waals surface area contributed by atoms with Crippen molar-refractivity contribution in [3.8, 4) is 0 Å². The maximum Gasteiger partial charge on any atom is 0.308 e. The second-order valence-corrected chi connectivity index (χ2v) is 4.24. The zero-order valence-corrected chi connectivity index (χ0v) is 10.2. The zero-order valence-electron chi connectivity index (χ0n) is 10.2. The van der Waals surface area contributed by atoms with Crippen molar-refractivity contribution in [3.63, 3.8) is 0 Å². The molecule has 0 aromatic carbocycles. The normalized spacial score (nSPS) is 25.5. The summed E-state index contributed by atoms with van der Waals surface area (Å²) < 4.78 is 5.14. The summed E-state index contributed by atoms with van der Waals surface area (Å²) in [6, 6.07) is -0.272. The summed E-state index contributed by atoms with van der Waals surface area (Å²) in [4.78, 5) is 22.5. The number of hydrogen-bond donors (Lipinski definition) is 3. The molecule has 0 radical (unpaired) electrons. The van der Waals surface area contributed by atoms with Gasteiger partial charge < -0.3 is 20.5 Å². The van der Waals surface area contributed by atoms with Gasteiger partial charge in [0.1, 0.15) is 0 Å². The van der Waals surface area contributed by atoms with E-state index in [4.69, 9.17) is 9.84 Å². The lowest BCUT2D eigenvalue weighted by molar-refractivity contribution is -0.141. The van der Waals surface area contributed by atoms with Gasteiger partial charge in [-0.15, -0.1) is 0 Å². The van der Waals surface area contributed by atoms with Gasteiger partial charge in [-0.05, 0) is 12.8 Å². The summed E-state index contributed by atoms with van der Waals surface area (Å²) in [6.07, 6.45) is 1.20. The van der Waals surface area contributed by atoms with Gasteiger partial charge in [-0.3, -0.25) is 9.59 Å². The van der Waals surface area contributed by atoms with Crippen LogP contribution in [-0.2, 0) is 14.3 Å². The van der Waals surface area contributed by atoms with E-state index in [0.717, 1.165) is 0 Å². The molecule has 3 N–H and O–H groups in total. The van der Waals surface area contributed by atoms with Crippen molar-refractivity contribution in [3.05, 3.63) is 0 Å². The van der Waals surface area contributed by atoms with Gasteiger partial charge in [-0.25, -0.2) is 0 Å². The van der Waals surface area contributed by atoms with Gasteiger partial charge in [-0.1, -0.05) is 6.92 Å². The Bertz CT molecular complexity index is 283. The molecule has 6 nitrogen and oxygen atoms in total. The summed E-state index contributed by atoms with van der Waals surface area (Å²) in [6.45, 7) is 2.63. The van der Waals surface area contributed by atoms with Crippen molar-refractivity contribution in [2.75, 3.05) is 20.2 Å². The van der Waals surface area contributed by atoms with Crippen LogP contribution in [0.25, 0.3) is 0 Å². The Balaban J connectivity index is 2.32. The molecule has 1 amide bonds. The Hall–Kier alpha value is -1.14. The van der Waals surface area contributed by atoms with Crippen molar-refractivity contribution in [1.29, 1.82) is 0 Å². The number of aliphatic carboxylic acids is 1. The summed E-state index contributed by atoms with van der Waals surface area (Å²) in [5.41, 5.74) is 0. The lowest BCUT2D eigenvalue weighted by atomic mass is 10.1. The number of carbonyl (C=O) groups excluding carboxylic acids is 1. The van der Waals surface area contributed by atoms with E-state index in [1.165, 1.54) is 0 Å². The minimum atomic E-state index is -0.873. The third kappa shape index (κ3) is 3.98. The molecular formula is C11H20N2O4. The predicted octanol–water partition coefficient (Wildman–Crippen LogP) is -0.410. The smallest absolute Gasteiger partial charge is 0.308 e. The predicted molar refractivity (Wildman–Crippen MR) is 61.6 cm³/mol. The van der Waals surface area contributed by atoms with E-state index >= 15 is 0 Å². The van der Waals surface area contributed by atoms with Crippen LogP contribution in [0.1, 0.15) is 19.8 Å². The minimum absolute atomic E-state index is 0.0622. The van der Waals surface area contributed by atoms with E-state index in [9.17, 15) is 9.59 Å². The molecule has 6 heteroatoms. The first-order valence-corrected chi connectivity index (χ1v) is 5.85. The molecule has 0 spiro atoms. The van der Waals surface area contributed by atoms with Crippen molar-refractivity contribution in [1.82, 2.24) is 10.6 Å². The topological polar surface area (TPSA) is 87.7 Å². The fourth-order valence-corrected chi connectivity index (χ4v) is 1.84. The monoisotopic (exact) mass is 244 g/mol. The van der Waals surface area contributed by atoms with Gasteiger partial charge in [0.15, 0.2) is 0 Å². The molecular weight excluding hydrogens is 224 g/mol. The van der Waals surface area contributed by atoms with Crippen LogP contribution in [0.5, 0.6) is 0 Å². The first kappa shape index (κ1) is 13.9. The number of carbonyl (C=O) groups is 2. The van der Waals surface area contributed by atoms with Crippen LogP contribution in [0.4, 0.5) is 0 Å². The largest absolute Gasteiger partial charge is 0.481 e. The summed E-state index contributed by atoms with van der Waals surface area (Å²) in [7, 11) is 1.62. The number of ether oxygens (including phenoxy) is 1. The first-order chi connectivity index (χ1) is 8.08. The van der Waals surface area contributed by atoms with Gasteiger partial charge in [-0.2, -0.15) is 0 Å². The number of amides is 1. The van der Waals surface area contributed by atoms with Crippen LogP contribution in [0.15, 0.2) is 0 Å². The molecule has 1 saturated heterocycles. The van der Waals surface area contributed by atoms with E-state index in [2.05, 4.69) is 10.6 Å². The number of methoxy groups -OCH3 is 1. The summed E-state index contributed by atoms with van der Waals surface area (Å²) in [5, 5.41) is 14.6. The van der Waals surface area contributed by atoms with Crippen molar-refractivity contribution < 1.29 is 19.4 Å². The molecule has 0 bridgehead atoms. The highest BCUT2D eigenvalue weighted by molar-refractivity contribution is 5.82. The average molecular weight is 244 g/mol. The lowest BCUT2D eigenvalue weighted by Crippen LogP contribution is -2.43. The maximum atomic E-state index is 11.7. The van der Waals surface area contributed by atoms with Gasteiger partial charge in [0.25, 0.3) is 0 Å². The standard InChI is InChI=1S/C11H20N2O4/c1-3-7(11(15)16)5-13-10(14)9-4-8(17-2)6-12-9/h7-9,12H,3-6H2,1-2H3,(H,13,14)(H,15,16). The van der Waals surface area contributed by atoms with Crippen LogP contribution in [0.3, 0.4) is 0 Å². The molecule has 0 saturated carbocycles. The van der Waals surface area contributed by atoms with Crippen molar-refractivity contribution in [2.45, 2.75) is 31.9 Å². The molecule has 1 fully saturated rings. The Labute approximate surface area is 101 Å². The second-order valence-electron chi connectivity index (χ2n) is 4.24. The fourth-order valence-electron chi connectivity index (χ4n) is 1.84. The van der Waals surface area contributed by atoms with Gasteiger partial charge in [0.2, 0.25) is 5.91 Å². The zero-order chi connectivity index (χ0) is 12.8. The molecule has 1 rings (SSSR count). The highest BCUT2D eigenvalue weighted by Crippen LogP contribution is 2.09. The second kappa shape index (κ2) is 6.56. The minimum Gasteiger partial charge on any atom is -0.481 e. The third-order valence-electron chi connectivity index (χ3n) is 3.11. The summed E-state index contributed by atoms with van der Waals surface area (Å²) in [5.74, 6) is -1.54. The average Bonchev–Trinajstić information content (AvgIpc) is 2.77. The van der Waals surface area contributed by atoms with Crippen LogP contribution in [-0.4, -0.2) is 49.3 Å². The van der Waals surface area contributed by atoms with E-state index in [0.29, 0.717) is 19.4 Å². The Morgan fingerprint density at radius 2 is 2.29 bits per heavy atom. The molecule has 0 aromatic rings. The van der Waals surface area contributed by atoms with E-state index in [1.54, 1.807) is 14.0 Å². The molecule has 0 aromatic heterocycles. The summed E-state index contributed by atoms with van der Waals surface area (Å²) >= 11 is 0. The Morgan fingerprint density at radius 3 is 2.76 bits per heavy atom. The van der Waals surface area contributed by atoms with Crippen LogP contribution < -0.4 is 10.6 Å². The van der Waals surface area contributed by atoms with Crippen LogP contribution in [0.2, 0.25) is 0 Å². The third-order valence-corrected chi connectivity index (χ3v) is 3.11. The van der Waals surface area contributed by atoms with Crippen LogP contribution in [0, 0.1) is 5.92 Å². The van der Waals surface area contributed by atoms with E-state index in [-0.39, 0.29) is 24.6 Å². The quantitative estimate of drug-likeness (QED) is 0.591. The van der Waals surface area contributed by atoms with Gasteiger partial charge >= 0.3 is 5.97 Å². The van der Waals surface area contributed by atoms with Crippen LogP contribution >= 0.6 is 0 Å². The highest BCUT2D eigenvalue weighted by atomic mass is 16.5. The highest BCUT2D eigenvalue weighted by Gasteiger charge is 2.29. The molecule has 3 unspecified atom stereocenters. The SMILES string of the molecule is CCC(CNC(=O)C1CC(OC)CN1)C(=O)O. The van der Waals surface area contributed by atoms with Gasteiger partial charge in [0, 0.05) is 20.2 Å². The number of rotatable bonds is 6. The Kier molecular flexibility index (Phi) is 5.37. The molecule has 3 atom stereocenters. The van der Waals surface area contributed by atoms with E-state index < -0.39 is 11.9 Å². The number of nitrogens with one attached hydrogen (secondary N) is 2.